The van der Waals surface area contributed by atoms with Gasteiger partial charge in [-0.15, -0.1) is 0 Å². The number of anilines is 1. The number of pyridine rings is 1. The first-order valence-electron chi connectivity index (χ1n) is 11.3. The standard InChI is InChI=1S/C23H30N6O/c30-23(25-11-5-14-27-12-1-2-13-27)18-8-16-28(17-9-18)22-20-7-4-15-29(20)19-6-3-10-24-21(19)26-22/h3-4,6-7,10,15,18H,1-2,5,8-9,11-14,16-17H2,(H,25,30). The number of likely N-dealkylation sites (tertiary alicyclic amines) is 1. The number of hydrogen-bond acceptors (Lipinski definition) is 5. The minimum Gasteiger partial charge on any atom is -0.356 e. The zero-order valence-electron chi connectivity index (χ0n) is 17.5. The summed E-state index contributed by atoms with van der Waals surface area (Å²) in [6.45, 7) is 6.03. The van der Waals surface area contributed by atoms with E-state index in [9.17, 15) is 4.79 Å². The van der Waals surface area contributed by atoms with Crippen molar-refractivity contribution in [2.24, 2.45) is 5.92 Å². The molecule has 5 heterocycles. The SMILES string of the molecule is O=C(NCCCN1CCCC1)C1CCN(c2nc3ncccc3n3cccc23)CC1. The third-order valence-corrected chi connectivity index (χ3v) is 6.53. The first-order chi connectivity index (χ1) is 14.8. The van der Waals surface area contributed by atoms with Crippen LogP contribution in [0, 0.1) is 5.92 Å². The van der Waals surface area contributed by atoms with Crippen LogP contribution in [0.4, 0.5) is 5.82 Å². The average Bonchev–Trinajstić information content (AvgIpc) is 3.48. The highest BCUT2D eigenvalue weighted by molar-refractivity contribution is 5.83. The van der Waals surface area contributed by atoms with E-state index in [0.717, 1.165) is 67.9 Å². The van der Waals surface area contributed by atoms with Crippen molar-refractivity contribution in [2.75, 3.05) is 44.2 Å². The Morgan fingerprint density at radius 1 is 1.07 bits per heavy atom. The van der Waals surface area contributed by atoms with Crippen LogP contribution in [-0.4, -0.2) is 64.4 Å². The van der Waals surface area contributed by atoms with Crippen LogP contribution < -0.4 is 10.2 Å². The second kappa shape index (κ2) is 8.60. The number of carbonyl (C=O) groups is 1. The fraction of sp³-hybridized carbons (Fsp3) is 0.522. The van der Waals surface area contributed by atoms with Gasteiger partial charge in [0.2, 0.25) is 5.91 Å². The molecule has 3 aromatic rings. The molecular formula is C23H30N6O. The fourth-order valence-corrected chi connectivity index (χ4v) is 4.84. The number of hydrogen-bond donors (Lipinski definition) is 1. The number of carbonyl (C=O) groups excluding carboxylic acids is 1. The van der Waals surface area contributed by atoms with Gasteiger partial charge in [0.15, 0.2) is 11.5 Å². The van der Waals surface area contributed by atoms with E-state index in [4.69, 9.17) is 4.98 Å². The summed E-state index contributed by atoms with van der Waals surface area (Å²) in [5.74, 6) is 1.29. The molecule has 30 heavy (non-hydrogen) atoms. The Morgan fingerprint density at radius 3 is 2.70 bits per heavy atom. The molecule has 5 rings (SSSR count). The highest BCUT2D eigenvalue weighted by Crippen LogP contribution is 2.28. The van der Waals surface area contributed by atoms with Crippen LogP contribution in [0.5, 0.6) is 0 Å². The second-order valence-electron chi connectivity index (χ2n) is 8.50. The Balaban J connectivity index is 1.18. The largest absolute Gasteiger partial charge is 0.356 e. The van der Waals surface area contributed by atoms with Crippen LogP contribution in [-0.2, 0) is 4.79 Å². The van der Waals surface area contributed by atoms with E-state index in [-0.39, 0.29) is 11.8 Å². The number of piperidine rings is 1. The van der Waals surface area contributed by atoms with Crippen LogP contribution in [0.25, 0.3) is 16.7 Å². The molecule has 2 fully saturated rings. The summed E-state index contributed by atoms with van der Waals surface area (Å²) in [6.07, 6.45) is 9.27. The van der Waals surface area contributed by atoms with E-state index in [0.29, 0.717) is 0 Å². The van der Waals surface area contributed by atoms with Crippen molar-refractivity contribution in [1.82, 2.24) is 24.6 Å². The van der Waals surface area contributed by atoms with Crippen molar-refractivity contribution >= 4 is 28.4 Å². The molecule has 158 valence electrons. The monoisotopic (exact) mass is 406 g/mol. The Hall–Kier alpha value is -2.67. The molecule has 3 aromatic heterocycles. The number of nitrogens with zero attached hydrogens (tertiary/aromatic N) is 5. The number of fused-ring (bicyclic) bond motifs is 3. The molecule has 0 spiro atoms. The molecule has 2 saturated heterocycles. The van der Waals surface area contributed by atoms with Gasteiger partial charge in [0, 0.05) is 37.9 Å². The number of rotatable bonds is 6. The van der Waals surface area contributed by atoms with Crippen LogP contribution in [0.2, 0.25) is 0 Å². The second-order valence-corrected chi connectivity index (χ2v) is 8.50. The van der Waals surface area contributed by atoms with Gasteiger partial charge >= 0.3 is 0 Å². The van der Waals surface area contributed by atoms with E-state index in [1.165, 1.54) is 25.9 Å². The predicted octanol–water partition coefficient (Wildman–Crippen LogP) is 2.70. The van der Waals surface area contributed by atoms with E-state index >= 15 is 0 Å². The predicted molar refractivity (Wildman–Crippen MR) is 119 cm³/mol. The Kier molecular flexibility index (Phi) is 5.53. The summed E-state index contributed by atoms with van der Waals surface area (Å²) in [5, 5.41) is 3.17. The lowest BCUT2D eigenvalue weighted by Crippen LogP contribution is -2.41. The maximum Gasteiger partial charge on any atom is 0.223 e. The van der Waals surface area contributed by atoms with Crippen molar-refractivity contribution in [2.45, 2.75) is 32.1 Å². The lowest BCUT2D eigenvalue weighted by Gasteiger charge is -2.32. The lowest BCUT2D eigenvalue weighted by molar-refractivity contribution is -0.125. The molecule has 0 atom stereocenters. The normalized spacial score (nSPS) is 18.5. The summed E-state index contributed by atoms with van der Waals surface area (Å²) in [7, 11) is 0. The van der Waals surface area contributed by atoms with E-state index < -0.39 is 0 Å². The van der Waals surface area contributed by atoms with Gasteiger partial charge in [0.05, 0.1) is 11.0 Å². The van der Waals surface area contributed by atoms with Crippen molar-refractivity contribution in [3.05, 3.63) is 36.7 Å². The van der Waals surface area contributed by atoms with Gasteiger partial charge in [0.25, 0.3) is 0 Å². The molecule has 7 nitrogen and oxygen atoms in total. The van der Waals surface area contributed by atoms with Crippen LogP contribution >= 0.6 is 0 Å². The number of nitrogens with one attached hydrogen (secondary N) is 1. The third-order valence-electron chi connectivity index (χ3n) is 6.53. The first kappa shape index (κ1) is 19.3. The molecule has 0 bridgehead atoms. The minimum atomic E-state index is 0.106. The zero-order chi connectivity index (χ0) is 20.3. The maximum atomic E-state index is 12.6. The van der Waals surface area contributed by atoms with E-state index in [1.54, 1.807) is 6.20 Å². The first-order valence-corrected chi connectivity index (χ1v) is 11.3. The maximum absolute atomic E-state index is 12.6. The minimum absolute atomic E-state index is 0.106. The van der Waals surface area contributed by atoms with Gasteiger partial charge in [-0.3, -0.25) is 4.79 Å². The molecule has 7 heteroatoms. The van der Waals surface area contributed by atoms with Gasteiger partial charge < -0.3 is 19.5 Å². The van der Waals surface area contributed by atoms with Crippen LogP contribution in [0.3, 0.4) is 0 Å². The molecule has 2 aliphatic heterocycles. The molecule has 1 N–H and O–H groups in total. The number of aromatic nitrogens is 3. The molecule has 2 aliphatic rings. The highest BCUT2D eigenvalue weighted by atomic mass is 16.1. The van der Waals surface area contributed by atoms with Crippen LogP contribution in [0.15, 0.2) is 36.7 Å². The van der Waals surface area contributed by atoms with Gasteiger partial charge in [-0.2, -0.15) is 0 Å². The van der Waals surface area contributed by atoms with Gasteiger partial charge in [0.1, 0.15) is 0 Å². The van der Waals surface area contributed by atoms with Crippen molar-refractivity contribution in [3.8, 4) is 0 Å². The smallest absolute Gasteiger partial charge is 0.223 e. The highest BCUT2D eigenvalue weighted by Gasteiger charge is 2.27. The lowest BCUT2D eigenvalue weighted by atomic mass is 9.96. The Morgan fingerprint density at radius 2 is 1.87 bits per heavy atom. The van der Waals surface area contributed by atoms with Crippen molar-refractivity contribution in [1.29, 1.82) is 0 Å². The Labute approximate surface area is 177 Å². The summed E-state index contributed by atoms with van der Waals surface area (Å²) in [5.41, 5.74) is 2.87. The summed E-state index contributed by atoms with van der Waals surface area (Å²) in [4.78, 5) is 26.7. The number of amides is 1. The topological polar surface area (TPSA) is 65.8 Å². The van der Waals surface area contributed by atoms with Crippen LogP contribution in [0.1, 0.15) is 32.1 Å². The molecular weight excluding hydrogens is 376 g/mol. The van der Waals surface area contributed by atoms with Crippen molar-refractivity contribution in [3.63, 3.8) is 0 Å². The molecule has 1 amide bonds. The summed E-state index contributed by atoms with van der Waals surface area (Å²) >= 11 is 0. The van der Waals surface area contributed by atoms with Gasteiger partial charge in [-0.1, -0.05) is 0 Å². The molecule has 0 unspecified atom stereocenters. The zero-order valence-corrected chi connectivity index (χ0v) is 17.5. The third kappa shape index (κ3) is 3.86. The molecule has 0 aromatic carbocycles. The average molecular weight is 407 g/mol. The summed E-state index contributed by atoms with van der Waals surface area (Å²) < 4.78 is 2.16. The van der Waals surface area contributed by atoms with Gasteiger partial charge in [-0.05, 0) is 76.0 Å². The van der Waals surface area contributed by atoms with E-state index in [2.05, 4.69) is 42.8 Å². The molecule has 0 radical (unpaired) electrons. The fourth-order valence-electron chi connectivity index (χ4n) is 4.84. The molecule has 0 saturated carbocycles. The van der Waals surface area contributed by atoms with Crippen molar-refractivity contribution < 1.29 is 4.79 Å². The Bertz CT molecular complexity index is 1020. The molecule has 0 aliphatic carbocycles. The summed E-state index contributed by atoms with van der Waals surface area (Å²) in [6, 6.07) is 8.15. The van der Waals surface area contributed by atoms with Gasteiger partial charge in [-0.25, -0.2) is 9.97 Å². The van der Waals surface area contributed by atoms with E-state index in [1.807, 2.05) is 12.1 Å². The quantitative estimate of drug-likeness (QED) is 0.638.